The fourth-order valence-electron chi connectivity index (χ4n) is 3.38. The van der Waals surface area contributed by atoms with Gasteiger partial charge in [-0.15, -0.1) is 0 Å². The number of hydrogen-bond acceptors (Lipinski definition) is 8. The molecule has 0 radical (unpaired) electrons. The number of aliphatic hydroxyl groups excluding tert-OH is 2. The topological polar surface area (TPSA) is 131 Å². The van der Waals surface area contributed by atoms with Crippen molar-refractivity contribution in [3.8, 4) is 28.6 Å². The highest BCUT2D eigenvalue weighted by Crippen LogP contribution is 2.31. The summed E-state index contributed by atoms with van der Waals surface area (Å²) in [5.74, 6) is 1.01. The number of aromatic nitrogens is 3. The molecule has 3 N–H and O–H groups in total. The Kier molecular flexibility index (Phi) is 8.51. The molecule has 9 nitrogen and oxygen atoms in total. The molecule has 0 aliphatic rings. The zero-order valence-electron chi connectivity index (χ0n) is 19.2. The average molecular weight is 455 g/mol. The molecule has 0 spiro atoms. The summed E-state index contributed by atoms with van der Waals surface area (Å²) in [7, 11) is 0. The molecule has 2 heterocycles. The van der Waals surface area contributed by atoms with Crippen LogP contribution in [-0.2, 0) is 17.6 Å². The van der Waals surface area contributed by atoms with E-state index in [0.29, 0.717) is 23.9 Å². The number of pyridine rings is 1. The first kappa shape index (κ1) is 24.3. The first-order valence-corrected chi connectivity index (χ1v) is 11.1. The molecule has 1 atom stereocenters. The third-order valence-electron chi connectivity index (χ3n) is 5.09. The SMILES string of the molecule is CCCc1ccc(-c2nc(-c3cc(C)c(OC[C@@H](O)CNC(=O)CO)c(CC)c3)no2)cn1. The van der Waals surface area contributed by atoms with E-state index >= 15 is 0 Å². The minimum absolute atomic E-state index is 0.00208. The van der Waals surface area contributed by atoms with Crippen LogP contribution in [0, 0.1) is 6.92 Å². The van der Waals surface area contributed by atoms with Crippen molar-refractivity contribution in [2.24, 2.45) is 0 Å². The second kappa shape index (κ2) is 11.5. The van der Waals surface area contributed by atoms with Crippen LogP contribution in [0.5, 0.6) is 5.75 Å². The molecule has 176 valence electrons. The van der Waals surface area contributed by atoms with Gasteiger partial charge in [-0.2, -0.15) is 4.98 Å². The molecular formula is C24H30N4O5. The van der Waals surface area contributed by atoms with Crippen LogP contribution in [0.4, 0.5) is 0 Å². The number of hydrogen-bond donors (Lipinski definition) is 3. The molecule has 1 amide bonds. The second-order valence-corrected chi connectivity index (χ2v) is 7.77. The Balaban J connectivity index is 1.73. The number of ether oxygens (including phenoxy) is 1. The largest absolute Gasteiger partial charge is 0.490 e. The molecule has 0 bridgehead atoms. The van der Waals surface area contributed by atoms with E-state index in [1.54, 1.807) is 6.20 Å². The summed E-state index contributed by atoms with van der Waals surface area (Å²) in [5.41, 5.74) is 4.41. The van der Waals surface area contributed by atoms with Crippen LogP contribution < -0.4 is 10.1 Å². The van der Waals surface area contributed by atoms with Gasteiger partial charge in [-0.1, -0.05) is 25.4 Å². The Labute approximate surface area is 192 Å². The van der Waals surface area contributed by atoms with Crippen LogP contribution in [0.15, 0.2) is 35.0 Å². The Morgan fingerprint density at radius 3 is 2.73 bits per heavy atom. The fraction of sp³-hybridized carbons (Fsp3) is 0.417. The monoisotopic (exact) mass is 454 g/mol. The minimum atomic E-state index is -0.902. The highest BCUT2D eigenvalue weighted by molar-refractivity contribution is 5.76. The van der Waals surface area contributed by atoms with E-state index < -0.39 is 18.6 Å². The first-order chi connectivity index (χ1) is 15.9. The Hall–Kier alpha value is -3.30. The van der Waals surface area contributed by atoms with E-state index in [-0.39, 0.29) is 13.2 Å². The molecule has 0 saturated heterocycles. The highest BCUT2D eigenvalue weighted by atomic mass is 16.5. The maximum atomic E-state index is 11.1. The van der Waals surface area contributed by atoms with Crippen molar-refractivity contribution in [2.75, 3.05) is 19.8 Å². The van der Waals surface area contributed by atoms with Gasteiger partial charge in [0.1, 0.15) is 25.1 Å². The van der Waals surface area contributed by atoms with Gasteiger partial charge in [0.15, 0.2) is 0 Å². The lowest BCUT2D eigenvalue weighted by molar-refractivity contribution is -0.124. The fourth-order valence-corrected chi connectivity index (χ4v) is 3.38. The Bertz CT molecular complexity index is 1070. The van der Waals surface area contributed by atoms with Gasteiger partial charge < -0.3 is 24.8 Å². The molecular weight excluding hydrogens is 424 g/mol. The molecule has 33 heavy (non-hydrogen) atoms. The van der Waals surface area contributed by atoms with Crippen molar-refractivity contribution in [3.05, 3.63) is 47.3 Å². The zero-order chi connectivity index (χ0) is 23.8. The molecule has 0 saturated carbocycles. The molecule has 0 aliphatic heterocycles. The molecule has 2 aromatic heterocycles. The van der Waals surface area contributed by atoms with Crippen LogP contribution in [0.25, 0.3) is 22.8 Å². The van der Waals surface area contributed by atoms with Crippen LogP contribution in [0.3, 0.4) is 0 Å². The maximum Gasteiger partial charge on any atom is 0.259 e. The summed E-state index contributed by atoms with van der Waals surface area (Å²) in [6.07, 6.45) is 3.51. The van der Waals surface area contributed by atoms with E-state index in [9.17, 15) is 9.90 Å². The van der Waals surface area contributed by atoms with Crippen molar-refractivity contribution in [1.29, 1.82) is 0 Å². The first-order valence-electron chi connectivity index (χ1n) is 11.1. The van der Waals surface area contributed by atoms with Gasteiger partial charge in [0.25, 0.3) is 5.89 Å². The van der Waals surface area contributed by atoms with Crippen molar-refractivity contribution in [3.63, 3.8) is 0 Å². The van der Waals surface area contributed by atoms with Gasteiger partial charge in [-0.3, -0.25) is 9.78 Å². The van der Waals surface area contributed by atoms with Crippen molar-refractivity contribution < 1.29 is 24.3 Å². The minimum Gasteiger partial charge on any atom is -0.490 e. The Morgan fingerprint density at radius 1 is 1.24 bits per heavy atom. The third kappa shape index (κ3) is 6.36. The van der Waals surface area contributed by atoms with E-state index in [1.165, 1.54) is 0 Å². The molecule has 0 aliphatic carbocycles. The number of benzene rings is 1. The maximum absolute atomic E-state index is 11.1. The lowest BCUT2D eigenvalue weighted by Crippen LogP contribution is -2.36. The summed E-state index contributed by atoms with van der Waals surface area (Å²) in [5, 5.41) is 25.3. The quantitative estimate of drug-likeness (QED) is 0.403. The summed E-state index contributed by atoms with van der Waals surface area (Å²) >= 11 is 0. The van der Waals surface area contributed by atoms with E-state index in [0.717, 1.165) is 40.8 Å². The molecule has 9 heteroatoms. The van der Waals surface area contributed by atoms with Gasteiger partial charge in [-0.25, -0.2) is 0 Å². The standard InChI is InChI=1S/C24H30N4O5/c1-4-6-19-8-7-17(11-25-19)24-27-23(28-33-24)18-9-15(3)22(16(5-2)10-18)32-14-20(30)12-26-21(31)13-29/h7-11,20,29-30H,4-6,12-14H2,1-3H3,(H,26,31)/t20-/m0/s1. The number of aliphatic hydroxyl groups is 2. The third-order valence-corrected chi connectivity index (χ3v) is 5.09. The number of nitrogens with zero attached hydrogens (tertiary/aromatic N) is 3. The predicted molar refractivity (Wildman–Crippen MR) is 123 cm³/mol. The van der Waals surface area contributed by atoms with Crippen molar-refractivity contribution in [2.45, 2.75) is 46.1 Å². The van der Waals surface area contributed by atoms with Crippen LogP contribution >= 0.6 is 0 Å². The summed E-state index contributed by atoms with van der Waals surface area (Å²) in [6, 6.07) is 7.76. The Morgan fingerprint density at radius 2 is 2.06 bits per heavy atom. The molecule has 3 aromatic rings. The normalized spacial score (nSPS) is 11.9. The summed E-state index contributed by atoms with van der Waals surface area (Å²) in [4.78, 5) is 20.1. The van der Waals surface area contributed by atoms with E-state index in [1.807, 2.05) is 38.1 Å². The van der Waals surface area contributed by atoms with Gasteiger partial charge >= 0.3 is 0 Å². The van der Waals surface area contributed by atoms with Gasteiger partial charge in [-0.05, 0) is 55.2 Å². The number of rotatable bonds is 11. The molecule has 3 rings (SSSR count). The number of amides is 1. The molecule has 1 aromatic carbocycles. The summed E-state index contributed by atoms with van der Waals surface area (Å²) in [6.45, 7) is 5.42. The van der Waals surface area contributed by atoms with Crippen LogP contribution in [0.2, 0.25) is 0 Å². The lowest BCUT2D eigenvalue weighted by atomic mass is 10.0. The van der Waals surface area contributed by atoms with Crippen LogP contribution in [0.1, 0.15) is 37.1 Å². The lowest BCUT2D eigenvalue weighted by Gasteiger charge is -2.17. The van der Waals surface area contributed by atoms with Crippen molar-refractivity contribution in [1.82, 2.24) is 20.4 Å². The number of carbonyl (C=O) groups excluding carboxylic acids is 1. The van der Waals surface area contributed by atoms with Crippen LogP contribution in [-0.4, -0.2) is 57.1 Å². The predicted octanol–water partition coefficient (Wildman–Crippen LogP) is 2.47. The number of nitrogens with one attached hydrogen (secondary N) is 1. The highest BCUT2D eigenvalue weighted by Gasteiger charge is 2.16. The summed E-state index contributed by atoms with van der Waals surface area (Å²) < 4.78 is 11.3. The smallest absolute Gasteiger partial charge is 0.259 e. The molecule has 0 unspecified atom stereocenters. The number of carbonyl (C=O) groups is 1. The van der Waals surface area contributed by atoms with E-state index in [4.69, 9.17) is 14.4 Å². The molecule has 0 fully saturated rings. The zero-order valence-corrected chi connectivity index (χ0v) is 19.2. The van der Waals surface area contributed by atoms with Gasteiger partial charge in [0.2, 0.25) is 11.7 Å². The van der Waals surface area contributed by atoms with Crippen molar-refractivity contribution >= 4 is 5.91 Å². The van der Waals surface area contributed by atoms with Gasteiger partial charge in [0.05, 0.1) is 5.56 Å². The van der Waals surface area contributed by atoms with Gasteiger partial charge in [0, 0.05) is 24.0 Å². The average Bonchev–Trinajstić information content (AvgIpc) is 3.32. The second-order valence-electron chi connectivity index (χ2n) is 7.77. The van der Waals surface area contributed by atoms with E-state index in [2.05, 4.69) is 27.4 Å². The number of aryl methyl sites for hydroxylation is 3.